The highest BCUT2D eigenvalue weighted by Crippen LogP contribution is 2.38. The van der Waals surface area contributed by atoms with E-state index in [1.165, 1.54) is 24.3 Å². The maximum Gasteiger partial charge on any atom is 0.416 e. The molecule has 30 heavy (non-hydrogen) atoms. The minimum absolute atomic E-state index is 0.221. The highest BCUT2D eigenvalue weighted by molar-refractivity contribution is 6.07. The summed E-state index contributed by atoms with van der Waals surface area (Å²) in [6.07, 6.45) is -3.35. The standard InChI is InChI=1S/C21H15F4N3O2/c22-14-6-9-18(26-12-14)28-10-11-30-19-16(2-1-3-17(19)28)20(29)27-15-7-4-13(5-8-15)21(23,24)25/h1-9,12H,10-11H2,(H,27,29). The minimum Gasteiger partial charge on any atom is -0.489 e. The Morgan fingerprint density at radius 3 is 2.50 bits per heavy atom. The van der Waals surface area contributed by atoms with Crippen molar-refractivity contribution < 1.29 is 27.1 Å². The Morgan fingerprint density at radius 2 is 1.83 bits per heavy atom. The van der Waals surface area contributed by atoms with Gasteiger partial charge >= 0.3 is 6.18 Å². The number of ether oxygens (including phenoxy) is 1. The number of nitrogens with zero attached hydrogens (tertiary/aromatic N) is 2. The Balaban J connectivity index is 1.60. The number of pyridine rings is 1. The fraction of sp³-hybridized carbons (Fsp3) is 0.143. The zero-order valence-electron chi connectivity index (χ0n) is 15.4. The van der Waals surface area contributed by atoms with Crippen molar-refractivity contribution >= 4 is 23.1 Å². The van der Waals surface area contributed by atoms with Gasteiger partial charge in [0, 0.05) is 5.69 Å². The van der Waals surface area contributed by atoms with E-state index in [9.17, 15) is 22.4 Å². The Hall–Kier alpha value is -3.62. The number of halogens is 4. The third-order valence-corrected chi connectivity index (χ3v) is 4.55. The third kappa shape index (κ3) is 3.91. The smallest absolute Gasteiger partial charge is 0.416 e. The van der Waals surface area contributed by atoms with E-state index in [1.807, 2.05) is 0 Å². The van der Waals surface area contributed by atoms with Crippen molar-refractivity contribution in [3.63, 3.8) is 0 Å². The van der Waals surface area contributed by atoms with E-state index in [0.717, 1.165) is 18.3 Å². The molecule has 0 saturated carbocycles. The zero-order chi connectivity index (χ0) is 21.3. The van der Waals surface area contributed by atoms with Crippen LogP contribution in [0.5, 0.6) is 5.75 Å². The second-order valence-corrected chi connectivity index (χ2v) is 6.52. The molecule has 154 valence electrons. The Labute approximate surface area is 168 Å². The second kappa shape index (κ2) is 7.66. The monoisotopic (exact) mass is 417 g/mol. The van der Waals surface area contributed by atoms with Gasteiger partial charge in [0.05, 0.1) is 29.6 Å². The summed E-state index contributed by atoms with van der Waals surface area (Å²) >= 11 is 0. The minimum atomic E-state index is -4.45. The summed E-state index contributed by atoms with van der Waals surface area (Å²) in [6.45, 7) is 0.728. The van der Waals surface area contributed by atoms with Gasteiger partial charge in [-0.1, -0.05) is 6.07 Å². The Morgan fingerprint density at radius 1 is 1.07 bits per heavy atom. The summed E-state index contributed by atoms with van der Waals surface area (Å²) in [5, 5.41) is 2.58. The maximum atomic E-state index is 13.2. The number of carbonyl (C=O) groups excluding carboxylic acids is 1. The second-order valence-electron chi connectivity index (χ2n) is 6.52. The summed E-state index contributed by atoms with van der Waals surface area (Å²) in [7, 11) is 0. The van der Waals surface area contributed by atoms with E-state index >= 15 is 0 Å². The molecule has 2 heterocycles. The molecule has 2 aromatic carbocycles. The van der Waals surface area contributed by atoms with Crippen LogP contribution in [0.2, 0.25) is 0 Å². The number of nitrogens with one attached hydrogen (secondary N) is 1. The Bertz CT molecular complexity index is 1070. The van der Waals surface area contributed by atoms with Gasteiger partial charge in [-0.2, -0.15) is 13.2 Å². The fourth-order valence-electron chi connectivity index (χ4n) is 3.13. The Kier molecular flexibility index (Phi) is 5.03. The van der Waals surface area contributed by atoms with E-state index in [1.54, 1.807) is 23.1 Å². The molecule has 0 radical (unpaired) electrons. The van der Waals surface area contributed by atoms with Crippen LogP contribution in [0.4, 0.5) is 34.8 Å². The van der Waals surface area contributed by atoms with Gasteiger partial charge in [-0.15, -0.1) is 0 Å². The van der Waals surface area contributed by atoms with Gasteiger partial charge in [0.1, 0.15) is 18.2 Å². The molecule has 9 heteroatoms. The molecule has 1 aliphatic rings. The van der Waals surface area contributed by atoms with Crippen LogP contribution in [0, 0.1) is 5.82 Å². The number of benzene rings is 2. The van der Waals surface area contributed by atoms with Crippen LogP contribution < -0.4 is 15.0 Å². The predicted molar refractivity (Wildman–Crippen MR) is 103 cm³/mol. The topological polar surface area (TPSA) is 54.5 Å². The van der Waals surface area contributed by atoms with E-state index in [-0.39, 0.29) is 17.9 Å². The molecule has 0 aliphatic carbocycles. The summed E-state index contributed by atoms with van der Waals surface area (Å²) in [5.74, 6) is -0.169. The number of para-hydroxylation sites is 1. The van der Waals surface area contributed by atoms with E-state index in [0.29, 0.717) is 23.8 Å². The van der Waals surface area contributed by atoms with Crippen LogP contribution in [-0.2, 0) is 6.18 Å². The molecule has 1 aromatic heterocycles. The van der Waals surface area contributed by atoms with Crippen molar-refractivity contribution in [3.8, 4) is 5.75 Å². The molecule has 5 nitrogen and oxygen atoms in total. The number of hydrogen-bond donors (Lipinski definition) is 1. The number of hydrogen-bond acceptors (Lipinski definition) is 4. The highest BCUT2D eigenvalue weighted by Gasteiger charge is 2.30. The molecule has 0 spiro atoms. The van der Waals surface area contributed by atoms with E-state index < -0.39 is 23.5 Å². The van der Waals surface area contributed by atoms with Crippen LogP contribution in [0.1, 0.15) is 15.9 Å². The lowest BCUT2D eigenvalue weighted by Gasteiger charge is -2.31. The largest absolute Gasteiger partial charge is 0.489 e. The molecule has 4 rings (SSSR count). The average Bonchev–Trinajstić information content (AvgIpc) is 2.73. The van der Waals surface area contributed by atoms with Gasteiger partial charge in [0.25, 0.3) is 5.91 Å². The van der Waals surface area contributed by atoms with Crippen LogP contribution in [0.25, 0.3) is 0 Å². The van der Waals surface area contributed by atoms with Crippen molar-refractivity contribution in [1.82, 2.24) is 4.98 Å². The number of aromatic nitrogens is 1. The summed E-state index contributed by atoms with van der Waals surface area (Å²) < 4.78 is 57.0. The molecule has 0 fully saturated rings. The fourth-order valence-corrected chi connectivity index (χ4v) is 3.13. The normalized spacial score (nSPS) is 13.4. The van der Waals surface area contributed by atoms with Crippen molar-refractivity contribution in [1.29, 1.82) is 0 Å². The molecule has 0 saturated heterocycles. The quantitative estimate of drug-likeness (QED) is 0.608. The molecule has 1 amide bonds. The van der Waals surface area contributed by atoms with Crippen molar-refractivity contribution in [2.24, 2.45) is 0 Å². The van der Waals surface area contributed by atoms with Crippen LogP contribution >= 0.6 is 0 Å². The SMILES string of the molecule is O=C(Nc1ccc(C(F)(F)F)cc1)c1cccc2c1OCCN2c1ccc(F)cn1. The summed E-state index contributed by atoms with van der Waals surface area (Å²) in [5.41, 5.74) is 0.224. The van der Waals surface area contributed by atoms with Gasteiger partial charge < -0.3 is 15.0 Å². The molecular weight excluding hydrogens is 402 g/mol. The number of rotatable bonds is 3. The van der Waals surface area contributed by atoms with Gasteiger partial charge in [0.15, 0.2) is 5.75 Å². The number of anilines is 3. The summed E-state index contributed by atoms with van der Waals surface area (Å²) in [6, 6.07) is 11.9. The molecular formula is C21H15F4N3O2. The zero-order valence-corrected chi connectivity index (χ0v) is 15.4. The lowest BCUT2D eigenvalue weighted by molar-refractivity contribution is -0.137. The number of alkyl halides is 3. The van der Waals surface area contributed by atoms with Crippen molar-refractivity contribution in [2.45, 2.75) is 6.18 Å². The van der Waals surface area contributed by atoms with Crippen LogP contribution in [0.15, 0.2) is 60.8 Å². The molecule has 0 atom stereocenters. The van der Waals surface area contributed by atoms with Gasteiger partial charge in [0.2, 0.25) is 0 Å². The molecule has 0 unspecified atom stereocenters. The van der Waals surface area contributed by atoms with Crippen LogP contribution in [0.3, 0.4) is 0 Å². The molecule has 0 bridgehead atoms. The molecule has 1 N–H and O–H groups in total. The first-order chi connectivity index (χ1) is 14.3. The van der Waals surface area contributed by atoms with E-state index in [4.69, 9.17) is 4.74 Å². The summed E-state index contributed by atoms with van der Waals surface area (Å²) in [4.78, 5) is 18.6. The number of fused-ring (bicyclic) bond motifs is 1. The van der Waals surface area contributed by atoms with Gasteiger partial charge in [-0.05, 0) is 48.5 Å². The lowest BCUT2D eigenvalue weighted by atomic mass is 10.1. The molecule has 3 aromatic rings. The average molecular weight is 417 g/mol. The third-order valence-electron chi connectivity index (χ3n) is 4.55. The van der Waals surface area contributed by atoms with Gasteiger partial charge in [-0.25, -0.2) is 9.37 Å². The first-order valence-electron chi connectivity index (χ1n) is 8.96. The van der Waals surface area contributed by atoms with Gasteiger partial charge in [-0.3, -0.25) is 4.79 Å². The van der Waals surface area contributed by atoms with Crippen LogP contribution in [-0.4, -0.2) is 24.0 Å². The predicted octanol–water partition coefficient (Wildman–Crippen LogP) is 5.02. The van der Waals surface area contributed by atoms with Crippen molar-refractivity contribution in [2.75, 3.05) is 23.4 Å². The lowest BCUT2D eigenvalue weighted by Crippen LogP contribution is -2.30. The first kappa shape index (κ1) is 19.7. The number of carbonyl (C=O) groups is 1. The molecule has 1 aliphatic heterocycles. The highest BCUT2D eigenvalue weighted by atomic mass is 19.4. The van der Waals surface area contributed by atoms with Crippen molar-refractivity contribution in [3.05, 3.63) is 77.7 Å². The maximum absolute atomic E-state index is 13.2. The first-order valence-corrected chi connectivity index (χ1v) is 8.96. The number of amides is 1. The van der Waals surface area contributed by atoms with E-state index in [2.05, 4.69) is 10.3 Å².